The van der Waals surface area contributed by atoms with Crippen molar-refractivity contribution in [2.24, 2.45) is 0 Å². The molecule has 0 amide bonds. The molecule has 1 aromatic carbocycles. The molecule has 0 atom stereocenters. The first-order chi connectivity index (χ1) is 8.22. The maximum absolute atomic E-state index is 3.98. The summed E-state index contributed by atoms with van der Waals surface area (Å²) < 4.78 is 1.73. The van der Waals surface area contributed by atoms with E-state index in [1.54, 1.807) is 4.68 Å². The van der Waals surface area contributed by atoms with Crippen molar-refractivity contribution in [3.63, 3.8) is 0 Å². The molecule has 17 heavy (non-hydrogen) atoms. The van der Waals surface area contributed by atoms with Crippen molar-refractivity contribution < 1.29 is 0 Å². The summed E-state index contributed by atoms with van der Waals surface area (Å²) in [6, 6.07) is 8.09. The molecule has 2 aromatic rings. The van der Waals surface area contributed by atoms with Crippen LogP contribution in [0.25, 0.3) is 5.69 Å². The van der Waals surface area contributed by atoms with Gasteiger partial charge in [-0.05, 0) is 41.7 Å². The summed E-state index contributed by atoms with van der Waals surface area (Å²) >= 11 is 0. The Hall–Kier alpha value is -1.95. The summed E-state index contributed by atoms with van der Waals surface area (Å²) in [5.41, 5.74) is 2.11. The highest BCUT2D eigenvalue weighted by atomic mass is 15.5. The van der Waals surface area contributed by atoms with Crippen molar-refractivity contribution in [3.05, 3.63) is 30.1 Å². The molecule has 6 heteroatoms. The number of hydrogen-bond acceptors (Lipinski definition) is 5. The summed E-state index contributed by atoms with van der Waals surface area (Å²) in [7, 11) is 5.89. The topological polar surface area (TPSA) is 58.9 Å². The number of rotatable bonds is 4. The van der Waals surface area contributed by atoms with Crippen LogP contribution in [0.5, 0.6) is 0 Å². The van der Waals surface area contributed by atoms with Crippen molar-refractivity contribution >= 4 is 5.69 Å². The first kappa shape index (κ1) is 11.5. The first-order valence-corrected chi connectivity index (χ1v) is 5.42. The Morgan fingerprint density at radius 1 is 1.24 bits per heavy atom. The van der Waals surface area contributed by atoms with Crippen LogP contribution in [0.1, 0.15) is 5.82 Å². The van der Waals surface area contributed by atoms with Crippen molar-refractivity contribution in [1.29, 1.82) is 0 Å². The predicted molar refractivity (Wildman–Crippen MR) is 66.2 cm³/mol. The first-order valence-electron chi connectivity index (χ1n) is 5.42. The summed E-state index contributed by atoms with van der Waals surface area (Å²) in [5, 5.41) is 14.7. The maximum atomic E-state index is 3.98. The lowest BCUT2D eigenvalue weighted by molar-refractivity contribution is 0.709. The van der Waals surface area contributed by atoms with Gasteiger partial charge in [0.05, 0.1) is 12.2 Å². The molecule has 0 saturated heterocycles. The molecule has 0 aliphatic carbocycles. The van der Waals surface area contributed by atoms with Crippen LogP contribution in [0.4, 0.5) is 5.69 Å². The van der Waals surface area contributed by atoms with E-state index in [-0.39, 0.29) is 0 Å². The van der Waals surface area contributed by atoms with Gasteiger partial charge < -0.3 is 10.2 Å². The molecular weight excluding hydrogens is 216 g/mol. The van der Waals surface area contributed by atoms with Crippen LogP contribution in [0, 0.1) is 0 Å². The molecule has 1 N–H and O–H groups in total. The molecule has 0 bridgehead atoms. The number of hydrogen-bond donors (Lipinski definition) is 1. The second kappa shape index (κ2) is 4.92. The van der Waals surface area contributed by atoms with Crippen LogP contribution in [0.15, 0.2) is 24.3 Å². The van der Waals surface area contributed by atoms with Gasteiger partial charge in [-0.15, -0.1) is 5.10 Å². The van der Waals surface area contributed by atoms with Gasteiger partial charge in [0.1, 0.15) is 0 Å². The average Bonchev–Trinajstić information content (AvgIpc) is 2.78. The van der Waals surface area contributed by atoms with Crippen LogP contribution in [0.2, 0.25) is 0 Å². The monoisotopic (exact) mass is 232 g/mol. The fourth-order valence-electron chi connectivity index (χ4n) is 1.57. The fourth-order valence-corrected chi connectivity index (χ4v) is 1.57. The van der Waals surface area contributed by atoms with E-state index in [0.29, 0.717) is 6.54 Å². The Kier molecular flexibility index (Phi) is 3.34. The lowest BCUT2D eigenvalue weighted by atomic mass is 10.2. The molecule has 0 spiro atoms. The number of tetrazole rings is 1. The summed E-state index contributed by atoms with van der Waals surface area (Å²) in [6.45, 7) is 0.641. The van der Waals surface area contributed by atoms with E-state index in [4.69, 9.17) is 0 Å². The van der Waals surface area contributed by atoms with Gasteiger partial charge in [-0.3, -0.25) is 0 Å². The molecule has 1 aromatic heterocycles. The third-order valence-corrected chi connectivity index (χ3v) is 2.48. The minimum absolute atomic E-state index is 0.641. The van der Waals surface area contributed by atoms with Gasteiger partial charge in [0.2, 0.25) is 0 Å². The Balaban J connectivity index is 2.30. The van der Waals surface area contributed by atoms with Crippen LogP contribution in [0.3, 0.4) is 0 Å². The van der Waals surface area contributed by atoms with E-state index < -0.39 is 0 Å². The van der Waals surface area contributed by atoms with Gasteiger partial charge in [-0.25, -0.2) is 0 Å². The largest absolute Gasteiger partial charge is 0.378 e. The Morgan fingerprint density at radius 3 is 2.53 bits per heavy atom. The van der Waals surface area contributed by atoms with Gasteiger partial charge in [0.15, 0.2) is 5.82 Å². The molecule has 6 nitrogen and oxygen atoms in total. The van der Waals surface area contributed by atoms with Gasteiger partial charge in [-0.2, -0.15) is 4.68 Å². The van der Waals surface area contributed by atoms with Crippen molar-refractivity contribution in [1.82, 2.24) is 25.5 Å². The quantitative estimate of drug-likeness (QED) is 0.829. The molecular formula is C11H16N6. The van der Waals surface area contributed by atoms with E-state index in [0.717, 1.165) is 17.2 Å². The highest BCUT2D eigenvalue weighted by molar-refractivity contribution is 5.49. The zero-order valence-electron chi connectivity index (χ0n) is 10.3. The van der Waals surface area contributed by atoms with E-state index >= 15 is 0 Å². The lowest BCUT2D eigenvalue weighted by Crippen LogP contribution is -2.12. The van der Waals surface area contributed by atoms with E-state index in [1.165, 1.54) is 0 Å². The van der Waals surface area contributed by atoms with Crippen molar-refractivity contribution in [2.45, 2.75) is 6.54 Å². The van der Waals surface area contributed by atoms with Crippen LogP contribution in [-0.2, 0) is 6.54 Å². The van der Waals surface area contributed by atoms with Crippen LogP contribution < -0.4 is 10.2 Å². The normalized spacial score (nSPS) is 10.5. The van der Waals surface area contributed by atoms with Gasteiger partial charge >= 0.3 is 0 Å². The Labute approximate surface area is 100 Å². The van der Waals surface area contributed by atoms with Crippen molar-refractivity contribution in [3.8, 4) is 5.69 Å². The predicted octanol–water partition coefficient (Wildman–Crippen LogP) is 0.448. The van der Waals surface area contributed by atoms with Crippen LogP contribution in [-0.4, -0.2) is 41.4 Å². The zero-order chi connectivity index (χ0) is 12.3. The second-order valence-corrected chi connectivity index (χ2v) is 3.95. The maximum Gasteiger partial charge on any atom is 0.170 e. The van der Waals surface area contributed by atoms with E-state index in [2.05, 4.69) is 25.7 Å². The summed E-state index contributed by atoms with van der Waals surface area (Å²) in [6.07, 6.45) is 0. The molecule has 90 valence electrons. The Bertz CT molecular complexity index is 473. The molecule has 0 saturated carbocycles. The average molecular weight is 232 g/mol. The lowest BCUT2D eigenvalue weighted by Gasteiger charge is -2.12. The molecule has 1 heterocycles. The number of anilines is 1. The van der Waals surface area contributed by atoms with Gasteiger partial charge in [0.25, 0.3) is 0 Å². The number of aromatic nitrogens is 4. The Morgan fingerprint density at radius 2 is 1.94 bits per heavy atom. The third-order valence-electron chi connectivity index (χ3n) is 2.48. The number of nitrogens with zero attached hydrogens (tertiary/aromatic N) is 5. The third kappa shape index (κ3) is 2.42. The standard InChI is InChI=1S/C11H16N6/c1-12-8-11-13-14-15-17(11)10-6-4-9(5-7-10)16(2)3/h4-7,12H,8H2,1-3H3. The van der Waals surface area contributed by atoms with Crippen LogP contribution >= 0.6 is 0 Å². The minimum atomic E-state index is 0.641. The van der Waals surface area contributed by atoms with Crippen molar-refractivity contribution in [2.75, 3.05) is 26.0 Å². The smallest absolute Gasteiger partial charge is 0.170 e. The molecule has 2 rings (SSSR count). The molecule has 0 fully saturated rings. The molecule has 0 unspecified atom stereocenters. The minimum Gasteiger partial charge on any atom is -0.378 e. The zero-order valence-corrected chi connectivity index (χ0v) is 10.3. The van der Waals surface area contributed by atoms with E-state index in [9.17, 15) is 0 Å². The number of nitrogens with one attached hydrogen (secondary N) is 1. The molecule has 0 radical (unpaired) electrons. The fraction of sp³-hybridized carbons (Fsp3) is 0.364. The highest BCUT2D eigenvalue weighted by Gasteiger charge is 2.07. The second-order valence-electron chi connectivity index (χ2n) is 3.95. The summed E-state index contributed by atoms with van der Waals surface area (Å²) in [4.78, 5) is 2.05. The molecule has 0 aliphatic rings. The van der Waals surface area contributed by atoms with Gasteiger partial charge in [-0.1, -0.05) is 0 Å². The SMILES string of the molecule is CNCc1nnnn1-c1ccc(N(C)C)cc1. The highest BCUT2D eigenvalue weighted by Crippen LogP contribution is 2.15. The summed E-state index contributed by atoms with van der Waals surface area (Å²) in [5.74, 6) is 0.796. The van der Waals surface area contributed by atoms with Gasteiger partial charge in [0, 0.05) is 19.8 Å². The van der Waals surface area contributed by atoms with E-state index in [1.807, 2.05) is 45.4 Å². The molecule has 0 aliphatic heterocycles. The number of benzene rings is 1.